The Morgan fingerprint density at radius 1 is 1.15 bits per heavy atom. The summed E-state index contributed by atoms with van der Waals surface area (Å²) < 4.78 is 27.5. The van der Waals surface area contributed by atoms with Crippen LogP contribution in [0.25, 0.3) is 0 Å². The summed E-state index contributed by atoms with van der Waals surface area (Å²) in [6, 6.07) is 14.9. The summed E-state index contributed by atoms with van der Waals surface area (Å²) in [6.45, 7) is 2.35. The van der Waals surface area contributed by atoms with E-state index in [1.54, 1.807) is 42.5 Å². The summed E-state index contributed by atoms with van der Waals surface area (Å²) in [5.74, 6) is 0.393. The Hall–Kier alpha value is -2.38. The van der Waals surface area contributed by atoms with Crippen molar-refractivity contribution in [1.29, 1.82) is 0 Å². The van der Waals surface area contributed by atoms with Gasteiger partial charge in [-0.3, -0.25) is 9.52 Å². The second-order valence-electron chi connectivity index (χ2n) is 6.82. The summed E-state index contributed by atoms with van der Waals surface area (Å²) >= 11 is 0. The molecule has 1 atom stereocenters. The maximum absolute atomic E-state index is 12.9. The average molecular weight is 388 g/mol. The fourth-order valence-electron chi connectivity index (χ4n) is 3.42. The highest BCUT2D eigenvalue weighted by atomic mass is 32.2. The molecule has 0 radical (unpaired) electrons. The molecule has 1 aliphatic heterocycles. The molecular formula is C20H25N3O3S. The first-order valence-corrected chi connectivity index (χ1v) is 10.6. The molecule has 144 valence electrons. The number of anilines is 1. The molecule has 0 bridgehead atoms. The highest BCUT2D eigenvalue weighted by Gasteiger charge is 2.24. The number of carbonyl (C=O) groups excluding carboxylic acids is 1. The Kier molecular flexibility index (Phi) is 6.13. The van der Waals surface area contributed by atoms with E-state index in [4.69, 9.17) is 0 Å². The van der Waals surface area contributed by atoms with E-state index < -0.39 is 10.0 Å². The summed E-state index contributed by atoms with van der Waals surface area (Å²) in [7, 11) is -1.76. The minimum absolute atomic E-state index is 0.0587. The smallest absolute Gasteiger partial charge is 0.261 e. The first-order chi connectivity index (χ1) is 13.0. The van der Waals surface area contributed by atoms with Crippen LogP contribution in [-0.2, 0) is 10.0 Å². The molecule has 1 unspecified atom stereocenters. The fraction of sp³-hybridized carbons (Fsp3) is 0.350. The number of rotatable bonds is 6. The summed E-state index contributed by atoms with van der Waals surface area (Å²) in [5.41, 5.74) is 0.877. The van der Waals surface area contributed by atoms with E-state index in [1.165, 1.54) is 12.1 Å². The van der Waals surface area contributed by atoms with Gasteiger partial charge in [0, 0.05) is 24.3 Å². The molecule has 7 heteroatoms. The van der Waals surface area contributed by atoms with Crippen molar-refractivity contribution in [2.24, 2.45) is 5.92 Å². The Morgan fingerprint density at radius 2 is 1.93 bits per heavy atom. The van der Waals surface area contributed by atoms with Crippen LogP contribution < -0.4 is 10.0 Å². The summed E-state index contributed by atoms with van der Waals surface area (Å²) in [6.07, 6.45) is 2.10. The van der Waals surface area contributed by atoms with Gasteiger partial charge in [-0.05, 0) is 62.7 Å². The molecule has 0 saturated carbocycles. The van der Waals surface area contributed by atoms with Crippen LogP contribution in [-0.4, -0.2) is 45.9 Å². The van der Waals surface area contributed by atoms with E-state index in [0.29, 0.717) is 17.2 Å². The molecule has 2 aromatic carbocycles. The first-order valence-electron chi connectivity index (χ1n) is 9.11. The predicted octanol–water partition coefficient (Wildman–Crippen LogP) is 2.56. The zero-order valence-corrected chi connectivity index (χ0v) is 16.2. The molecular weight excluding hydrogens is 362 g/mol. The number of carbonyl (C=O) groups is 1. The second-order valence-corrected chi connectivity index (χ2v) is 8.50. The van der Waals surface area contributed by atoms with Crippen molar-refractivity contribution in [3.8, 4) is 0 Å². The molecule has 1 saturated heterocycles. The van der Waals surface area contributed by atoms with Gasteiger partial charge in [-0.1, -0.05) is 24.3 Å². The molecule has 1 aliphatic rings. The largest absolute Gasteiger partial charge is 0.338 e. The van der Waals surface area contributed by atoms with E-state index in [0.717, 1.165) is 32.5 Å². The van der Waals surface area contributed by atoms with Gasteiger partial charge in [-0.2, -0.15) is 0 Å². The molecule has 0 aromatic heterocycles. The van der Waals surface area contributed by atoms with Crippen molar-refractivity contribution in [3.63, 3.8) is 0 Å². The molecule has 0 aliphatic carbocycles. The van der Waals surface area contributed by atoms with Gasteiger partial charge < -0.3 is 10.2 Å². The summed E-state index contributed by atoms with van der Waals surface area (Å²) in [4.78, 5) is 14.9. The fourth-order valence-corrected chi connectivity index (χ4v) is 4.49. The lowest BCUT2D eigenvalue weighted by Gasteiger charge is -2.32. The lowest BCUT2D eigenvalue weighted by molar-refractivity contribution is 0.0674. The normalized spacial score (nSPS) is 17.5. The molecule has 2 aromatic rings. The van der Waals surface area contributed by atoms with Crippen molar-refractivity contribution in [2.45, 2.75) is 17.7 Å². The van der Waals surface area contributed by atoms with Crippen LogP contribution in [0.4, 0.5) is 5.69 Å². The number of benzene rings is 2. The van der Waals surface area contributed by atoms with Crippen LogP contribution in [0.15, 0.2) is 59.5 Å². The maximum atomic E-state index is 12.9. The minimum Gasteiger partial charge on any atom is -0.338 e. The quantitative estimate of drug-likeness (QED) is 0.799. The topological polar surface area (TPSA) is 78.5 Å². The van der Waals surface area contributed by atoms with Crippen LogP contribution in [0.1, 0.15) is 23.2 Å². The second kappa shape index (κ2) is 8.54. The van der Waals surface area contributed by atoms with Crippen LogP contribution in [0.3, 0.4) is 0 Å². The third kappa shape index (κ3) is 4.87. The van der Waals surface area contributed by atoms with Crippen LogP contribution >= 0.6 is 0 Å². The molecule has 1 fully saturated rings. The van der Waals surface area contributed by atoms with E-state index in [2.05, 4.69) is 10.0 Å². The monoisotopic (exact) mass is 387 g/mol. The number of amides is 1. The molecule has 1 heterocycles. The number of nitrogens with one attached hydrogen (secondary N) is 2. The first kappa shape index (κ1) is 19.4. The molecule has 0 spiro atoms. The zero-order valence-electron chi connectivity index (χ0n) is 15.4. The van der Waals surface area contributed by atoms with E-state index in [-0.39, 0.29) is 10.8 Å². The number of sulfonamides is 1. The van der Waals surface area contributed by atoms with Gasteiger partial charge >= 0.3 is 0 Å². The maximum Gasteiger partial charge on any atom is 0.261 e. The Morgan fingerprint density at radius 3 is 2.67 bits per heavy atom. The molecule has 27 heavy (non-hydrogen) atoms. The van der Waals surface area contributed by atoms with Gasteiger partial charge in [0.15, 0.2) is 0 Å². The van der Waals surface area contributed by atoms with Crippen molar-refractivity contribution in [1.82, 2.24) is 10.2 Å². The molecule has 1 amide bonds. The van der Waals surface area contributed by atoms with Crippen LogP contribution in [0.5, 0.6) is 0 Å². The Labute approximate surface area is 160 Å². The SMILES string of the molecule is CNCC1CCCN(C(=O)c2cccc(NS(=O)(=O)c3ccccc3)c2)C1. The van der Waals surface area contributed by atoms with Gasteiger partial charge in [-0.25, -0.2) is 8.42 Å². The van der Waals surface area contributed by atoms with Crippen molar-refractivity contribution >= 4 is 21.6 Å². The average Bonchev–Trinajstić information content (AvgIpc) is 2.68. The number of hydrogen-bond acceptors (Lipinski definition) is 4. The van der Waals surface area contributed by atoms with Crippen LogP contribution in [0.2, 0.25) is 0 Å². The van der Waals surface area contributed by atoms with Gasteiger partial charge in [-0.15, -0.1) is 0 Å². The van der Waals surface area contributed by atoms with Crippen molar-refractivity contribution in [2.75, 3.05) is 31.4 Å². The van der Waals surface area contributed by atoms with Crippen LogP contribution in [0, 0.1) is 5.92 Å². The van der Waals surface area contributed by atoms with Crippen molar-refractivity contribution < 1.29 is 13.2 Å². The van der Waals surface area contributed by atoms with E-state index in [9.17, 15) is 13.2 Å². The predicted molar refractivity (Wildman–Crippen MR) is 106 cm³/mol. The Bertz CT molecular complexity index is 882. The highest BCUT2D eigenvalue weighted by molar-refractivity contribution is 7.92. The number of nitrogens with zero attached hydrogens (tertiary/aromatic N) is 1. The molecule has 6 nitrogen and oxygen atoms in total. The summed E-state index contributed by atoms with van der Waals surface area (Å²) in [5, 5.41) is 3.17. The highest BCUT2D eigenvalue weighted by Crippen LogP contribution is 2.21. The number of hydrogen-bond donors (Lipinski definition) is 2. The van der Waals surface area contributed by atoms with Crippen molar-refractivity contribution in [3.05, 3.63) is 60.2 Å². The minimum atomic E-state index is -3.68. The van der Waals surface area contributed by atoms with Gasteiger partial charge in [0.2, 0.25) is 0 Å². The number of likely N-dealkylation sites (tertiary alicyclic amines) is 1. The lowest BCUT2D eigenvalue weighted by Crippen LogP contribution is -2.42. The van der Waals surface area contributed by atoms with Gasteiger partial charge in [0.1, 0.15) is 0 Å². The molecule has 2 N–H and O–H groups in total. The Balaban J connectivity index is 1.74. The van der Waals surface area contributed by atoms with E-state index >= 15 is 0 Å². The zero-order chi connectivity index (χ0) is 19.3. The molecule has 3 rings (SSSR count). The van der Waals surface area contributed by atoms with Gasteiger partial charge in [0.05, 0.1) is 4.90 Å². The van der Waals surface area contributed by atoms with E-state index in [1.807, 2.05) is 11.9 Å². The standard InChI is InChI=1S/C20H25N3O3S/c1-21-14-16-7-6-12-23(15-16)20(24)17-8-5-9-18(13-17)22-27(25,26)19-10-3-2-4-11-19/h2-5,8-11,13,16,21-22H,6-7,12,14-15H2,1H3. The third-order valence-corrected chi connectivity index (χ3v) is 6.11. The lowest BCUT2D eigenvalue weighted by atomic mass is 9.97. The van der Waals surface area contributed by atoms with Gasteiger partial charge in [0.25, 0.3) is 15.9 Å². The third-order valence-electron chi connectivity index (χ3n) is 4.71. The number of piperidine rings is 1.